The lowest BCUT2D eigenvalue weighted by molar-refractivity contribution is 0.0765. The van der Waals surface area contributed by atoms with Crippen molar-refractivity contribution in [1.29, 1.82) is 0 Å². The van der Waals surface area contributed by atoms with Gasteiger partial charge in [0.15, 0.2) is 5.82 Å². The second-order valence-electron chi connectivity index (χ2n) is 8.84. The molecule has 176 valence electrons. The van der Waals surface area contributed by atoms with Crippen molar-refractivity contribution in [3.8, 4) is 11.4 Å². The number of nitrogens with one attached hydrogen (secondary N) is 1. The number of nitrogens with zero attached hydrogens (tertiary/aromatic N) is 4. The van der Waals surface area contributed by atoms with Gasteiger partial charge in [-0.3, -0.25) is 9.78 Å². The molecule has 1 saturated carbocycles. The van der Waals surface area contributed by atoms with Gasteiger partial charge in [0.05, 0.1) is 22.9 Å². The van der Waals surface area contributed by atoms with Crippen LogP contribution in [0.1, 0.15) is 53.9 Å². The summed E-state index contributed by atoms with van der Waals surface area (Å²) in [5, 5.41) is 13.6. The summed E-state index contributed by atoms with van der Waals surface area (Å²) >= 11 is 6.09. The number of aliphatic hydroxyl groups excluding tert-OH is 1. The molecule has 2 aromatic heterocycles. The van der Waals surface area contributed by atoms with Crippen LogP contribution in [0.3, 0.4) is 0 Å². The molecule has 2 fully saturated rings. The number of aromatic nitrogens is 3. The van der Waals surface area contributed by atoms with E-state index in [9.17, 15) is 14.3 Å². The van der Waals surface area contributed by atoms with Crippen LogP contribution >= 0.6 is 11.6 Å². The largest absolute Gasteiger partial charge is 0.391 e. The summed E-state index contributed by atoms with van der Waals surface area (Å²) in [5.41, 5.74) is 2.10. The summed E-state index contributed by atoms with van der Waals surface area (Å²) in [6, 6.07) is 6.00. The molecule has 1 aliphatic heterocycles. The fourth-order valence-corrected chi connectivity index (χ4v) is 4.90. The Labute approximate surface area is 202 Å². The van der Waals surface area contributed by atoms with Crippen molar-refractivity contribution in [3.05, 3.63) is 64.8 Å². The van der Waals surface area contributed by atoms with Crippen LogP contribution in [-0.4, -0.2) is 50.1 Å². The van der Waals surface area contributed by atoms with E-state index in [-0.39, 0.29) is 23.2 Å². The third-order valence-corrected chi connectivity index (χ3v) is 6.77. The van der Waals surface area contributed by atoms with E-state index in [0.717, 1.165) is 31.2 Å². The lowest BCUT2D eigenvalue weighted by Gasteiger charge is -2.20. The zero-order valence-electron chi connectivity index (χ0n) is 18.5. The maximum atomic E-state index is 14.6. The number of aliphatic hydroxyl groups is 1. The summed E-state index contributed by atoms with van der Waals surface area (Å²) in [5.74, 6) is 0.378. The van der Waals surface area contributed by atoms with Gasteiger partial charge in [0.2, 0.25) is 0 Å². The van der Waals surface area contributed by atoms with Gasteiger partial charge in [-0.2, -0.15) is 0 Å². The number of anilines is 2. The van der Waals surface area contributed by atoms with E-state index >= 15 is 0 Å². The number of benzene rings is 1. The number of carbonyl (C=O) groups is 1. The Hall–Kier alpha value is -3.10. The summed E-state index contributed by atoms with van der Waals surface area (Å²) in [7, 11) is 0. The Balaban J connectivity index is 1.54. The summed E-state index contributed by atoms with van der Waals surface area (Å²) in [4.78, 5) is 28.1. The van der Waals surface area contributed by atoms with E-state index in [0.29, 0.717) is 41.6 Å². The molecule has 0 radical (unpaired) electrons. The first-order chi connectivity index (χ1) is 16.5. The van der Waals surface area contributed by atoms with Crippen LogP contribution in [0.2, 0.25) is 5.02 Å². The highest BCUT2D eigenvalue weighted by atomic mass is 35.5. The first kappa shape index (κ1) is 22.7. The molecule has 5 rings (SSSR count). The highest BCUT2D eigenvalue weighted by Crippen LogP contribution is 2.39. The van der Waals surface area contributed by atoms with Crippen molar-refractivity contribution < 1.29 is 14.3 Å². The van der Waals surface area contributed by atoms with E-state index in [2.05, 4.69) is 20.3 Å². The molecule has 1 saturated heterocycles. The fourth-order valence-electron chi connectivity index (χ4n) is 4.72. The lowest BCUT2D eigenvalue weighted by atomic mass is 9.99. The Bertz CT molecular complexity index is 1220. The van der Waals surface area contributed by atoms with Crippen LogP contribution < -0.4 is 5.32 Å². The van der Waals surface area contributed by atoms with Crippen LogP contribution in [0.15, 0.2) is 42.9 Å². The lowest BCUT2D eigenvalue weighted by Crippen LogP contribution is -2.30. The van der Waals surface area contributed by atoms with Crippen molar-refractivity contribution in [2.75, 3.05) is 18.4 Å². The first-order valence-electron chi connectivity index (χ1n) is 11.5. The van der Waals surface area contributed by atoms with Crippen molar-refractivity contribution >= 4 is 29.0 Å². The molecule has 1 unspecified atom stereocenters. The highest BCUT2D eigenvalue weighted by molar-refractivity contribution is 6.30. The summed E-state index contributed by atoms with van der Waals surface area (Å²) in [6.07, 6.45) is 9.23. The molecule has 1 aliphatic carbocycles. The standard InChI is InChI=1S/C25H25ClFN5O2/c26-16-5-6-21(27)18(11-16)23-29-13-19(15-3-1-2-4-15)24(31-23)30-22-7-9-28-12-20(22)25(34)32-10-8-17(33)14-32/h5-7,9,11-13,15,17,33H,1-4,8,10,14H2,(H,28,29,30,31). The molecule has 1 amide bonds. The number of pyridine rings is 1. The van der Waals surface area contributed by atoms with Gasteiger partial charge < -0.3 is 15.3 Å². The van der Waals surface area contributed by atoms with Crippen LogP contribution in [0.4, 0.5) is 15.9 Å². The number of hydrogen-bond acceptors (Lipinski definition) is 6. The van der Waals surface area contributed by atoms with Gasteiger partial charge in [0.1, 0.15) is 11.6 Å². The van der Waals surface area contributed by atoms with Crippen molar-refractivity contribution in [3.63, 3.8) is 0 Å². The Morgan fingerprint density at radius 1 is 1.18 bits per heavy atom. The highest BCUT2D eigenvalue weighted by Gasteiger charge is 2.28. The van der Waals surface area contributed by atoms with Crippen LogP contribution in [0.5, 0.6) is 0 Å². The molecule has 3 aromatic rings. The number of hydrogen-bond donors (Lipinski definition) is 2. The Morgan fingerprint density at radius 2 is 2.00 bits per heavy atom. The molecule has 0 spiro atoms. The van der Waals surface area contributed by atoms with Gasteiger partial charge in [0.25, 0.3) is 5.91 Å². The van der Waals surface area contributed by atoms with Crippen LogP contribution in [0.25, 0.3) is 11.4 Å². The summed E-state index contributed by atoms with van der Waals surface area (Å²) < 4.78 is 14.6. The molecule has 34 heavy (non-hydrogen) atoms. The van der Waals surface area contributed by atoms with Gasteiger partial charge in [-0.1, -0.05) is 24.4 Å². The average Bonchev–Trinajstić information content (AvgIpc) is 3.53. The van der Waals surface area contributed by atoms with Gasteiger partial charge >= 0.3 is 0 Å². The van der Waals surface area contributed by atoms with E-state index in [1.165, 1.54) is 24.4 Å². The zero-order valence-corrected chi connectivity index (χ0v) is 19.3. The second kappa shape index (κ2) is 9.64. The minimum Gasteiger partial charge on any atom is -0.391 e. The summed E-state index contributed by atoms with van der Waals surface area (Å²) in [6.45, 7) is 0.791. The van der Waals surface area contributed by atoms with Crippen molar-refractivity contribution in [2.45, 2.75) is 44.1 Å². The number of rotatable bonds is 5. The molecule has 1 aromatic carbocycles. The van der Waals surface area contributed by atoms with E-state index in [1.54, 1.807) is 23.4 Å². The maximum Gasteiger partial charge on any atom is 0.257 e. The molecule has 2 N–H and O–H groups in total. The molecule has 7 nitrogen and oxygen atoms in total. The normalized spacial score (nSPS) is 18.4. The van der Waals surface area contributed by atoms with Crippen molar-refractivity contribution in [1.82, 2.24) is 19.9 Å². The second-order valence-corrected chi connectivity index (χ2v) is 9.28. The molecule has 1 atom stereocenters. The molecule has 2 aliphatic rings. The van der Waals surface area contributed by atoms with E-state index < -0.39 is 11.9 Å². The topological polar surface area (TPSA) is 91.2 Å². The van der Waals surface area contributed by atoms with Crippen LogP contribution in [-0.2, 0) is 0 Å². The predicted molar refractivity (Wildman–Crippen MR) is 128 cm³/mol. The third-order valence-electron chi connectivity index (χ3n) is 6.54. The molecular weight excluding hydrogens is 457 g/mol. The number of likely N-dealkylation sites (tertiary alicyclic amines) is 1. The number of halogens is 2. The quantitative estimate of drug-likeness (QED) is 0.536. The molecular formula is C25H25ClFN5O2. The number of amides is 1. The third kappa shape index (κ3) is 4.60. The Morgan fingerprint density at radius 3 is 2.76 bits per heavy atom. The average molecular weight is 482 g/mol. The fraction of sp³-hybridized carbons (Fsp3) is 0.360. The smallest absolute Gasteiger partial charge is 0.257 e. The minimum atomic E-state index is -0.511. The Kier molecular flexibility index (Phi) is 6.43. The molecule has 0 bridgehead atoms. The number of β-amino-alcohol motifs (C(OH)–C–C–N with tert-alkyl or cyclic N) is 1. The van der Waals surface area contributed by atoms with Gasteiger partial charge in [-0.05, 0) is 49.4 Å². The van der Waals surface area contributed by atoms with Gasteiger partial charge in [0, 0.05) is 42.3 Å². The SMILES string of the molecule is O=C(c1cnccc1Nc1nc(-c2cc(Cl)ccc2F)ncc1C1CCCC1)N1CCC(O)C1. The van der Waals surface area contributed by atoms with Crippen LogP contribution in [0, 0.1) is 5.82 Å². The predicted octanol–water partition coefficient (Wildman–Crippen LogP) is 4.94. The number of carbonyl (C=O) groups excluding carboxylic acids is 1. The van der Waals surface area contributed by atoms with Crippen molar-refractivity contribution in [2.24, 2.45) is 0 Å². The van der Waals surface area contributed by atoms with E-state index in [4.69, 9.17) is 11.6 Å². The maximum absolute atomic E-state index is 14.6. The van der Waals surface area contributed by atoms with Gasteiger partial charge in [-0.25, -0.2) is 14.4 Å². The zero-order chi connectivity index (χ0) is 23.7. The van der Waals surface area contributed by atoms with Gasteiger partial charge in [-0.15, -0.1) is 0 Å². The molecule has 3 heterocycles. The molecule has 9 heteroatoms. The minimum absolute atomic E-state index is 0.204. The monoisotopic (exact) mass is 481 g/mol. The van der Waals surface area contributed by atoms with E-state index in [1.807, 2.05) is 0 Å². The first-order valence-corrected chi connectivity index (χ1v) is 11.9.